The highest BCUT2D eigenvalue weighted by molar-refractivity contribution is 9.10. The number of halogens is 1. The van der Waals surface area contributed by atoms with Gasteiger partial charge in [-0.1, -0.05) is 115 Å². The number of hydrogen-bond donors (Lipinski definition) is 0. The molecule has 0 aromatic heterocycles. The Morgan fingerprint density at radius 2 is 0.897 bits per heavy atom. The molecule has 0 unspecified atom stereocenters. The number of benzene rings is 5. The van der Waals surface area contributed by atoms with Gasteiger partial charge in [-0.15, -0.1) is 0 Å². The molecule has 0 bridgehead atoms. The summed E-state index contributed by atoms with van der Waals surface area (Å²) in [7, 11) is 0. The lowest BCUT2D eigenvalue weighted by Crippen LogP contribution is -1.87. The van der Waals surface area contributed by atoms with Crippen molar-refractivity contribution in [1.29, 1.82) is 0 Å². The van der Waals surface area contributed by atoms with Crippen molar-refractivity contribution in [2.45, 2.75) is 0 Å². The van der Waals surface area contributed by atoms with Gasteiger partial charge in [-0.2, -0.15) is 0 Å². The lowest BCUT2D eigenvalue weighted by Gasteiger charge is -2.14. The molecule has 0 radical (unpaired) electrons. The topological polar surface area (TPSA) is 0 Å². The SMILES string of the molecule is Brc1c2ccccc2c(-c2ccc(/C=C/c3ccccc3)cc2)c2ccccc12. The zero-order chi connectivity index (χ0) is 19.6. The second kappa shape index (κ2) is 7.69. The molecule has 5 rings (SSSR count). The quantitative estimate of drug-likeness (QED) is 0.197. The first kappa shape index (κ1) is 17.9. The van der Waals surface area contributed by atoms with Gasteiger partial charge in [0.25, 0.3) is 0 Å². The molecule has 138 valence electrons. The van der Waals surface area contributed by atoms with Crippen LogP contribution in [0.2, 0.25) is 0 Å². The molecule has 0 saturated heterocycles. The molecule has 0 aliphatic carbocycles. The van der Waals surface area contributed by atoms with E-state index in [1.54, 1.807) is 0 Å². The third kappa shape index (κ3) is 3.39. The first-order valence-corrected chi connectivity index (χ1v) is 10.5. The minimum absolute atomic E-state index is 1.16. The fourth-order valence-corrected chi connectivity index (χ4v) is 4.60. The Hall–Kier alpha value is -3.16. The molecule has 0 N–H and O–H groups in total. The molecule has 0 spiro atoms. The average molecular weight is 435 g/mol. The van der Waals surface area contributed by atoms with Crippen molar-refractivity contribution in [3.63, 3.8) is 0 Å². The summed E-state index contributed by atoms with van der Waals surface area (Å²) in [5.41, 5.74) is 4.93. The largest absolute Gasteiger partial charge is 0.0622 e. The first-order chi connectivity index (χ1) is 14.3. The van der Waals surface area contributed by atoms with Gasteiger partial charge in [0.15, 0.2) is 0 Å². The molecule has 0 heterocycles. The van der Waals surface area contributed by atoms with Crippen molar-refractivity contribution < 1.29 is 0 Å². The summed E-state index contributed by atoms with van der Waals surface area (Å²) in [6.07, 6.45) is 4.32. The third-order valence-corrected chi connectivity index (χ3v) is 6.19. The van der Waals surface area contributed by atoms with Crippen molar-refractivity contribution in [2.24, 2.45) is 0 Å². The second-order valence-electron chi connectivity index (χ2n) is 7.15. The first-order valence-electron chi connectivity index (χ1n) is 9.74. The van der Waals surface area contributed by atoms with Crippen molar-refractivity contribution in [2.75, 3.05) is 0 Å². The van der Waals surface area contributed by atoms with Crippen LogP contribution in [0.1, 0.15) is 11.1 Å². The molecule has 5 aromatic rings. The highest BCUT2D eigenvalue weighted by Crippen LogP contribution is 2.41. The van der Waals surface area contributed by atoms with E-state index >= 15 is 0 Å². The Balaban J connectivity index is 1.64. The highest BCUT2D eigenvalue weighted by Gasteiger charge is 2.13. The normalized spacial score (nSPS) is 11.5. The molecule has 5 aromatic carbocycles. The van der Waals surface area contributed by atoms with E-state index in [0.29, 0.717) is 0 Å². The maximum absolute atomic E-state index is 3.83. The summed E-state index contributed by atoms with van der Waals surface area (Å²) in [5, 5.41) is 5.03. The smallest absolute Gasteiger partial charge is 0.0332 e. The zero-order valence-electron chi connectivity index (χ0n) is 15.8. The van der Waals surface area contributed by atoms with E-state index < -0.39 is 0 Å². The molecule has 0 atom stereocenters. The molecule has 0 fully saturated rings. The molecule has 0 aliphatic rings. The Morgan fingerprint density at radius 1 is 0.448 bits per heavy atom. The maximum Gasteiger partial charge on any atom is 0.0332 e. The lowest BCUT2D eigenvalue weighted by molar-refractivity contribution is 1.63. The molecule has 29 heavy (non-hydrogen) atoms. The zero-order valence-corrected chi connectivity index (χ0v) is 17.4. The van der Waals surface area contributed by atoms with Crippen molar-refractivity contribution >= 4 is 49.6 Å². The summed E-state index contributed by atoms with van der Waals surface area (Å²) in [6, 6.07) is 36.5. The molecule has 0 saturated carbocycles. The summed E-state index contributed by atoms with van der Waals surface area (Å²) in [5.74, 6) is 0. The summed E-state index contributed by atoms with van der Waals surface area (Å²) < 4.78 is 1.16. The van der Waals surface area contributed by atoms with Gasteiger partial charge < -0.3 is 0 Å². The predicted molar refractivity (Wildman–Crippen MR) is 130 cm³/mol. The van der Waals surface area contributed by atoms with Crippen LogP contribution >= 0.6 is 15.9 Å². The molecular formula is C28H19Br. The molecule has 0 nitrogen and oxygen atoms in total. The maximum atomic E-state index is 3.83. The van der Waals surface area contributed by atoms with Crippen molar-refractivity contribution in [3.05, 3.63) is 119 Å². The minimum atomic E-state index is 1.16. The van der Waals surface area contributed by atoms with E-state index in [1.807, 2.05) is 6.07 Å². The fourth-order valence-electron chi connectivity index (χ4n) is 3.90. The van der Waals surface area contributed by atoms with Gasteiger partial charge in [-0.25, -0.2) is 0 Å². The standard InChI is InChI=1S/C28H19Br/c29-28-25-12-6-4-10-23(25)27(24-11-5-7-13-26(24)28)22-18-16-21(17-19-22)15-14-20-8-2-1-3-9-20/h1-19H/b15-14+. The Kier molecular flexibility index (Phi) is 4.75. The fraction of sp³-hybridized carbons (Fsp3) is 0. The Morgan fingerprint density at radius 3 is 1.45 bits per heavy atom. The van der Waals surface area contributed by atoms with Crippen LogP contribution in [0, 0.1) is 0 Å². The third-order valence-electron chi connectivity index (χ3n) is 5.33. The van der Waals surface area contributed by atoms with Gasteiger partial charge in [-0.3, -0.25) is 0 Å². The molecule has 1 heteroatoms. The van der Waals surface area contributed by atoms with Gasteiger partial charge in [-0.05, 0) is 59.7 Å². The van der Waals surface area contributed by atoms with E-state index in [1.165, 1.54) is 43.8 Å². The average Bonchev–Trinajstić information content (AvgIpc) is 2.79. The van der Waals surface area contributed by atoms with Crippen LogP contribution in [0.3, 0.4) is 0 Å². The van der Waals surface area contributed by atoms with E-state index in [-0.39, 0.29) is 0 Å². The van der Waals surface area contributed by atoms with E-state index in [2.05, 4.69) is 125 Å². The molecule has 0 amide bonds. The van der Waals surface area contributed by atoms with Gasteiger partial charge in [0.1, 0.15) is 0 Å². The monoisotopic (exact) mass is 434 g/mol. The van der Waals surface area contributed by atoms with Crippen molar-refractivity contribution in [3.8, 4) is 11.1 Å². The van der Waals surface area contributed by atoms with Crippen LogP contribution < -0.4 is 0 Å². The predicted octanol–water partition coefficient (Wildman–Crippen LogP) is 8.59. The van der Waals surface area contributed by atoms with E-state index in [4.69, 9.17) is 0 Å². The van der Waals surface area contributed by atoms with Gasteiger partial charge in [0.05, 0.1) is 0 Å². The van der Waals surface area contributed by atoms with Gasteiger partial charge >= 0.3 is 0 Å². The number of hydrogen-bond acceptors (Lipinski definition) is 0. The second-order valence-corrected chi connectivity index (χ2v) is 7.94. The Labute approximate surface area is 179 Å². The minimum Gasteiger partial charge on any atom is -0.0622 e. The lowest BCUT2D eigenvalue weighted by atomic mass is 9.91. The number of fused-ring (bicyclic) bond motifs is 2. The van der Waals surface area contributed by atoms with Crippen LogP contribution in [-0.4, -0.2) is 0 Å². The summed E-state index contributed by atoms with van der Waals surface area (Å²) in [4.78, 5) is 0. The summed E-state index contributed by atoms with van der Waals surface area (Å²) in [6.45, 7) is 0. The summed E-state index contributed by atoms with van der Waals surface area (Å²) >= 11 is 3.83. The molecular weight excluding hydrogens is 416 g/mol. The van der Waals surface area contributed by atoms with Crippen LogP contribution in [0.25, 0.3) is 44.8 Å². The van der Waals surface area contributed by atoms with E-state index in [0.717, 1.165) is 4.47 Å². The van der Waals surface area contributed by atoms with Gasteiger partial charge in [0.2, 0.25) is 0 Å². The van der Waals surface area contributed by atoms with Crippen LogP contribution in [0.15, 0.2) is 108 Å². The highest BCUT2D eigenvalue weighted by atomic mass is 79.9. The molecule has 0 aliphatic heterocycles. The van der Waals surface area contributed by atoms with Crippen LogP contribution in [-0.2, 0) is 0 Å². The van der Waals surface area contributed by atoms with Crippen LogP contribution in [0.4, 0.5) is 0 Å². The van der Waals surface area contributed by atoms with Crippen molar-refractivity contribution in [1.82, 2.24) is 0 Å². The number of rotatable bonds is 3. The van der Waals surface area contributed by atoms with Gasteiger partial charge in [0, 0.05) is 4.47 Å². The Bertz CT molecular complexity index is 1270. The van der Waals surface area contributed by atoms with E-state index in [9.17, 15) is 0 Å². The van der Waals surface area contributed by atoms with Crippen LogP contribution in [0.5, 0.6) is 0 Å².